The molecule has 5 nitrogen and oxygen atoms in total. The number of amides is 1. The van der Waals surface area contributed by atoms with Crippen molar-refractivity contribution in [3.05, 3.63) is 90.4 Å². The summed E-state index contributed by atoms with van der Waals surface area (Å²) < 4.78 is 15.1. The normalized spacial score (nSPS) is 16.6. The highest BCUT2D eigenvalue weighted by molar-refractivity contribution is 5.94. The summed E-state index contributed by atoms with van der Waals surface area (Å²) in [6, 6.07) is 22.3. The van der Waals surface area contributed by atoms with Crippen LogP contribution < -0.4 is 4.90 Å². The molecule has 0 radical (unpaired) electrons. The predicted octanol–water partition coefficient (Wildman–Crippen LogP) is 4.52. The predicted molar refractivity (Wildman–Crippen MR) is 120 cm³/mol. The fourth-order valence-electron chi connectivity index (χ4n) is 4.28. The van der Waals surface area contributed by atoms with Gasteiger partial charge in [-0.1, -0.05) is 18.2 Å². The summed E-state index contributed by atoms with van der Waals surface area (Å²) in [4.78, 5) is 17.1. The Morgan fingerprint density at radius 3 is 2.45 bits per heavy atom. The molecule has 0 spiro atoms. The lowest BCUT2D eigenvalue weighted by Gasteiger charge is -2.41. The maximum Gasteiger partial charge on any atom is 0.253 e. The molecule has 0 N–H and O–H groups in total. The maximum absolute atomic E-state index is 13.3. The van der Waals surface area contributed by atoms with Crippen molar-refractivity contribution in [3.8, 4) is 5.69 Å². The van der Waals surface area contributed by atoms with Crippen molar-refractivity contribution in [2.24, 2.45) is 0 Å². The Balaban J connectivity index is 1.35. The van der Waals surface area contributed by atoms with Crippen molar-refractivity contribution in [2.45, 2.75) is 13.0 Å². The van der Waals surface area contributed by atoms with E-state index in [1.54, 1.807) is 12.1 Å². The number of hydrogen-bond donors (Lipinski definition) is 0. The van der Waals surface area contributed by atoms with Gasteiger partial charge in [0.15, 0.2) is 0 Å². The number of fused-ring (bicyclic) bond motifs is 1. The molecule has 0 unspecified atom stereocenters. The molecule has 6 heteroatoms. The summed E-state index contributed by atoms with van der Waals surface area (Å²) in [5.74, 6) is -0.176. The molecule has 1 saturated heterocycles. The van der Waals surface area contributed by atoms with Crippen LogP contribution in [0.5, 0.6) is 0 Å². The minimum absolute atomic E-state index is 0.0862. The first-order valence-electron chi connectivity index (χ1n) is 10.4. The fraction of sp³-hybridized carbons (Fsp3) is 0.200. The standard InChI is InChI=1S/C25H23FN4O/c1-18-17-28(25(31)19-5-3-2-4-6-19)13-14-29(18)23-11-12-24-20(15-23)16-27-30(24)22-9-7-21(26)8-10-22/h2-12,15-16,18H,13-14,17H2,1H3/t18-/m1/s1. The van der Waals surface area contributed by atoms with Crippen LogP contribution in [0.3, 0.4) is 0 Å². The lowest BCUT2D eigenvalue weighted by Crippen LogP contribution is -2.53. The number of benzene rings is 3. The summed E-state index contributed by atoms with van der Waals surface area (Å²) >= 11 is 0. The number of carbonyl (C=O) groups excluding carboxylic acids is 1. The molecule has 4 aromatic rings. The van der Waals surface area contributed by atoms with Crippen molar-refractivity contribution >= 4 is 22.5 Å². The Labute approximate surface area is 180 Å². The van der Waals surface area contributed by atoms with Crippen molar-refractivity contribution < 1.29 is 9.18 Å². The quantitative estimate of drug-likeness (QED) is 0.495. The van der Waals surface area contributed by atoms with E-state index in [4.69, 9.17) is 0 Å². The van der Waals surface area contributed by atoms with Gasteiger partial charge in [0.25, 0.3) is 5.91 Å². The maximum atomic E-state index is 13.3. The second-order valence-electron chi connectivity index (χ2n) is 7.94. The molecule has 1 atom stereocenters. The average Bonchev–Trinajstić information content (AvgIpc) is 3.23. The molecule has 3 aromatic carbocycles. The molecule has 1 aromatic heterocycles. The highest BCUT2D eigenvalue weighted by Crippen LogP contribution is 2.27. The highest BCUT2D eigenvalue weighted by Gasteiger charge is 2.27. The van der Waals surface area contributed by atoms with E-state index in [2.05, 4.69) is 35.1 Å². The van der Waals surface area contributed by atoms with E-state index in [-0.39, 0.29) is 17.8 Å². The number of nitrogens with zero attached hydrogens (tertiary/aromatic N) is 4. The van der Waals surface area contributed by atoms with Crippen LogP contribution in [0.2, 0.25) is 0 Å². The van der Waals surface area contributed by atoms with Gasteiger partial charge in [-0.05, 0) is 61.5 Å². The van der Waals surface area contributed by atoms with Crippen LogP contribution in [0.4, 0.5) is 10.1 Å². The Bertz CT molecular complexity index is 1220. The molecule has 31 heavy (non-hydrogen) atoms. The summed E-state index contributed by atoms with van der Waals surface area (Å²) in [6.07, 6.45) is 1.84. The van der Waals surface area contributed by atoms with E-state index in [0.717, 1.165) is 34.4 Å². The molecule has 0 aliphatic carbocycles. The van der Waals surface area contributed by atoms with Crippen molar-refractivity contribution in [1.29, 1.82) is 0 Å². The molecule has 1 amide bonds. The van der Waals surface area contributed by atoms with E-state index >= 15 is 0 Å². The molecule has 1 fully saturated rings. The molecular formula is C25H23FN4O. The van der Waals surface area contributed by atoms with Gasteiger partial charge < -0.3 is 9.80 Å². The van der Waals surface area contributed by atoms with E-state index in [1.807, 2.05) is 46.1 Å². The Hall–Kier alpha value is -3.67. The molecule has 5 rings (SSSR count). The van der Waals surface area contributed by atoms with Crippen LogP contribution in [0, 0.1) is 5.82 Å². The number of rotatable bonds is 3. The Morgan fingerprint density at radius 2 is 1.71 bits per heavy atom. The third kappa shape index (κ3) is 3.65. The van der Waals surface area contributed by atoms with Gasteiger partial charge in [-0.25, -0.2) is 9.07 Å². The first kappa shape index (κ1) is 19.3. The second kappa shape index (κ2) is 7.87. The van der Waals surface area contributed by atoms with E-state index < -0.39 is 0 Å². The number of anilines is 1. The average molecular weight is 414 g/mol. The van der Waals surface area contributed by atoms with Gasteiger partial charge >= 0.3 is 0 Å². The monoisotopic (exact) mass is 414 g/mol. The molecule has 0 saturated carbocycles. The minimum atomic E-state index is -0.263. The zero-order chi connectivity index (χ0) is 21.4. The lowest BCUT2D eigenvalue weighted by atomic mass is 10.1. The highest BCUT2D eigenvalue weighted by atomic mass is 19.1. The van der Waals surface area contributed by atoms with Gasteiger partial charge in [-0.15, -0.1) is 0 Å². The van der Waals surface area contributed by atoms with Crippen LogP contribution in [0.15, 0.2) is 79.0 Å². The van der Waals surface area contributed by atoms with Crippen LogP contribution >= 0.6 is 0 Å². The molecule has 0 bridgehead atoms. The van der Waals surface area contributed by atoms with Gasteiger partial charge in [-0.2, -0.15) is 5.10 Å². The van der Waals surface area contributed by atoms with Crippen LogP contribution in [0.1, 0.15) is 17.3 Å². The first-order valence-corrected chi connectivity index (χ1v) is 10.4. The molecule has 2 heterocycles. The molecular weight excluding hydrogens is 391 g/mol. The van der Waals surface area contributed by atoms with Crippen LogP contribution in [0.25, 0.3) is 16.6 Å². The zero-order valence-electron chi connectivity index (χ0n) is 17.3. The number of aromatic nitrogens is 2. The first-order chi connectivity index (χ1) is 15.1. The van der Waals surface area contributed by atoms with Crippen molar-refractivity contribution in [3.63, 3.8) is 0 Å². The topological polar surface area (TPSA) is 41.4 Å². The Kier molecular flexibility index (Phi) is 4.90. The SMILES string of the molecule is C[C@@H]1CN(C(=O)c2ccccc2)CCN1c1ccc2c(cnn2-c2ccc(F)cc2)c1. The number of piperazine rings is 1. The van der Waals surface area contributed by atoms with Gasteiger partial charge in [0, 0.05) is 42.3 Å². The molecule has 1 aliphatic rings. The number of hydrogen-bond acceptors (Lipinski definition) is 3. The fourth-order valence-corrected chi connectivity index (χ4v) is 4.28. The van der Waals surface area contributed by atoms with Gasteiger partial charge in [0.05, 0.1) is 17.4 Å². The summed E-state index contributed by atoms with van der Waals surface area (Å²) in [7, 11) is 0. The van der Waals surface area contributed by atoms with Gasteiger partial charge in [0.2, 0.25) is 0 Å². The van der Waals surface area contributed by atoms with Gasteiger partial charge in [-0.3, -0.25) is 4.79 Å². The number of carbonyl (C=O) groups is 1. The number of halogens is 1. The third-order valence-corrected chi connectivity index (χ3v) is 5.89. The zero-order valence-corrected chi connectivity index (χ0v) is 17.3. The molecule has 1 aliphatic heterocycles. The summed E-state index contributed by atoms with van der Waals surface area (Å²) in [5.41, 5.74) is 3.65. The third-order valence-electron chi connectivity index (χ3n) is 5.89. The van der Waals surface area contributed by atoms with Crippen LogP contribution in [-0.4, -0.2) is 46.3 Å². The largest absolute Gasteiger partial charge is 0.365 e. The second-order valence-corrected chi connectivity index (χ2v) is 7.94. The van der Waals surface area contributed by atoms with Crippen LogP contribution in [-0.2, 0) is 0 Å². The van der Waals surface area contributed by atoms with Gasteiger partial charge in [0.1, 0.15) is 5.82 Å². The molecule has 156 valence electrons. The van der Waals surface area contributed by atoms with Crippen molar-refractivity contribution in [1.82, 2.24) is 14.7 Å². The van der Waals surface area contributed by atoms with E-state index in [0.29, 0.717) is 13.1 Å². The smallest absolute Gasteiger partial charge is 0.253 e. The Morgan fingerprint density at radius 1 is 0.968 bits per heavy atom. The summed E-state index contributed by atoms with van der Waals surface area (Å²) in [5, 5.41) is 5.52. The van der Waals surface area contributed by atoms with Crippen molar-refractivity contribution in [2.75, 3.05) is 24.5 Å². The summed E-state index contributed by atoms with van der Waals surface area (Å²) in [6.45, 7) is 4.29. The minimum Gasteiger partial charge on any atom is -0.365 e. The van der Waals surface area contributed by atoms with E-state index in [9.17, 15) is 9.18 Å². The van der Waals surface area contributed by atoms with E-state index in [1.165, 1.54) is 12.1 Å². The lowest BCUT2D eigenvalue weighted by molar-refractivity contribution is 0.0726.